The molecule has 1 aromatic heterocycles. The molecule has 0 saturated heterocycles. The van der Waals surface area contributed by atoms with Crippen molar-refractivity contribution >= 4 is 0 Å². The average Bonchev–Trinajstić information content (AvgIpc) is 2.61. The van der Waals surface area contributed by atoms with Crippen LogP contribution >= 0.6 is 0 Å². The van der Waals surface area contributed by atoms with Gasteiger partial charge in [0.05, 0.1) is 0 Å². The van der Waals surface area contributed by atoms with E-state index >= 15 is 0 Å². The van der Waals surface area contributed by atoms with E-state index in [2.05, 4.69) is 15.6 Å². The zero-order chi connectivity index (χ0) is 10.7. The fraction of sp³-hybridized carbons (Fsp3) is 0.583. The van der Waals surface area contributed by atoms with E-state index in [0.717, 1.165) is 25.1 Å². The SMILES string of the molecule is Cn1ccnc1CCC1=CC(N)CCC1. The molecule has 0 spiro atoms. The van der Waals surface area contributed by atoms with E-state index in [0.29, 0.717) is 0 Å². The molecule has 1 aromatic rings. The molecule has 3 nitrogen and oxygen atoms in total. The van der Waals surface area contributed by atoms with Crippen LogP contribution in [0.2, 0.25) is 0 Å². The molecule has 1 atom stereocenters. The van der Waals surface area contributed by atoms with Crippen molar-refractivity contribution in [3.63, 3.8) is 0 Å². The Morgan fingerprint density at radius 2 is 2.40 bits per heavy atom. The number of nitrogens with two attached hydrogens (primary N) is 1. The largest absolute Gasteiger partial charge is 0.338 e. The maximum Gasteiger partial charge on any atom is 0.108 e. The van der Waals surface area contributed by atoms with Gasteiger partial charge in [-0.15, -0.1) is 0 Å². The van der Waals surface area contributed by atoms with Gasteiger partial charge in [0.25, 0.3) is 0 Å². The summed E-state index contributed by atoms with van der Waals surface area (Å²) in [5.41, 5.74) is 7.42. The van der Waals surface area contributed by atoms with Gasteiger partial charge in [0.15, 0.2) is 0 Å². The van der Waals surface area contributed by atoms with Crippen LogP contribution in [0.5, 0.6) is 0 Å². The quantitative estimate of drug-likeness (QED) is 0.765. The molecule has 1 unspecified atom stereocenters. The van der Waals surface area contributed by atoms with E-state index < -0.39 is 0 Å². The first-order valence-electron chi connectivity index (χ1n) is 5.67. The summed E-state index contributed by atoms with van der Waals surface area (Å²) >= 11 is 0. The minimum absolute atomic E-state index is 0.287. The first-order valence-corrected chi connectivity index (χ1v) is 5.67. The second-order valence-electron chi connectivity index (χ2n) is 4.34. The molecule has 0 fully saturated rings. The van der Waals surface area contributed by atoms with Gasteiger partial charge in [-0.3, -0.25) is 0 Å². The predicted molar refractivity (Wildman–Crippen MR) is 61.4 cm³/mol. The number of allylic oxidation sites excluding steroid dienone is 1. The summed E-state index contributed by atoms with van der Waals surface area (Å²) in [6.45, 7) is 0. The van der Waals surface area contributed by atoms with Gasteiger partial charge in [-0.25, -0.2) is 4.98 Å². The van der Waals surface area contributed by atoms with E-state index in [1.165, 1.54) is 18.4 Å². The molecule has 0 radical (unpaired) electrons. The molecule has 3 heteroatoms. The van der Waals surface area contributed by atoms with Crippen LogP contribution in [0, 0.1) is 0 Å². The Balaban J connectivity index is 1.91. The molecule has 0 bridgehead atoms. The van der Waals surface area contributed by atoms with Crippen molar-refractivity contribution in [2.45, 2.75) is 38.1 Å². The Morgan fingerprint density at radius 1 is 1.53 bits per heavy atom. The van der Waals surface area contributed by atoms with Crippen molar-refractivity contribution in [1.29, 1.82) is 0 Å². The van der Waals surface area contributed by atoms with Crippen LogP contribution in [-0.2, 0) is 13.5 Å². The lowest BCUT2D eigenvalue weighted by Gasteiger charge is -2.17. The molecule has 0 aliphatic heterocycles. The Bertz CT molecular complexity index is 352. The number of rotatable bonds is 3. The van der Waals surface area contributed by atoms with E-state index in [1.54, 1.807) is 0 Å². The second kappa shape index (κ2) is 4.62. The normalized spacial score (nSPS) is 21.5. The van der Waals surface area contributed by atoms with E-state index in [-0.39, 0.29) is 6.04 Å². The first kappa shape index (κ1) is 10.4. The number of hydrogen-bond acceptors (Lipinski definition) is 2. The highest BCUT2D eigenvalue weighted by atomic mass is 15.0. The highest BCUT2D eigenvalue weighted by molar-refractivity contribution is 5.11. The summed E-state index contributed by atoms with van der Waals surface area (Å²) in [7, 11) is 2.04. The molecule has 1 aliphatic carbocycles. The maximum atomic E-state index is 5.91. The molecule has 0 aromatic carbocycles. The van der Waals surface area contributed by atoms with Gasteiger partial charge in [-0.2, -0.15) is 0 Å². The molecule has 2 rings (SSSR count). The number of hydrogen-bond donors (Lipinski definition) is 1. The molecule has 0 amide bonds. The lowest BCUT2D eigenvalue weighted by Crippen LogP contribution is -2.20. The molecule has 2 N–H and O–H groups in total. The first-order chi connectivity index (χ1) is 7.25. The van der Waals surface area contributed by atoms with Crippen molar-refractivity contribution in [3.8, 4) is 0 Å². The average molecular weight is 205 g/mol. The van der Waals surface area contributed by atoms with Crippen molar-refractivity contribution in [2.24, 2.45) is 12.8 Å². The van der Waals surface area contributed by atoms with Gasteiger partial charge in [0.1, 0.15) is 5.82 Å². The van der Waals surface area contributed by atoms with Gasteiger partial charge >= 0.3 is 0 Å². The van der Waals surface area contributed by atoms with Gasteiger partial charge in [-0.05, 0) is 25.7 Å². The van der Waals surface area contributed by atoms with E-state index in [1.807, 2.05) is 19.4 Å². The van der Waals surface area contributed by atoms with Crippen molar-refractivity contribution < 1.29 is 0 Å². The minimum atomic E-state index is 0.287. The Kier molecular flexibility index (Phi) is 3.21. The van der Waals surface area contributed by atoms with Crippen LogP contribution < -0.4 is 5.73 Å². The second-order valence-corrected chi connectivity index (χ2v) is 4.34. The number of nitrogens with zero attached hydrogens (tertiary/aromatic N) is 2. The third-order valence-electron chi connectivity index (χ3n) is 3.08. The van der Waals surface area contributed by atoms with Gasteiger partial charge < -0.3 is 10.3 Å². The Labute approximate surface area is 91.0 Å². The topological polar surface area (TPSA) is 43.8 Å². The van der Waals surface area contributed by atoms with Crippen LogP contribution in [0.25, 0.3) is 0 Å². The third kappa shape index (κ3) is 2.69. The highest BCUT2D eigenvalue weighted by Crippen LogP contribution is 2.20. The van der Waals surface area contributed by atoms with Gasteiger partial charge in [0.2, 0.25) is 0 Å². The molecule has 0 saturated carbocycles. The fourth-order valence-corrected chi connectivity index (χ4v) is 2.15. The van der Waals surface area contributed by atoms with E-state index in [9.17, 15) is 0 Å². The molecular weight excluding hydrogens is 186 g/mol. The van der Waals surface area contributed by atoms with E-state index in [4.69, 9.17) is 5.73 Å². The number of aromatic nitrogens is 2. The lowest BCUT2D eigenvalue weighted by atomic mass is 9.93. The summed E-state index contributed by atoms with van der Waals surface area (Å²) in [4.78, 5) is 4.32. The van der Waals surface area contributed by atoms with Crippen molar-refractivity contribution in [2.75, 3.05) is 0 Å². The Hall–Kier alpha value is -1.09. The third-order valence-corrected chi connectivity index (χ3v) is 3.08. The minimum Gasteiger partial charge on any atom is -0.338 e. The predicted octanol–water partition coefficient (Wildman–Crippen LogP) is 1.79. The van der Waals surface area contributed by atoms with Crippen LogP contribution in [0.1, 0.15) is 31.5 Å². The summed E-state index contributed by atoms with van der Waals surface area (Å²) < 4.78 is 2.09. The van der Waals surface area contributed by atoms with Gasteiger partial charge in [-0.1, -0.05) is 11.6 Å². The van der Waals surface area contributed by atoms with Gasteiger partial charge in [0, 0.05) is 31.9 Å². The molecular formula is C12H19N3. The van der Waals surface area contributed by atoms with Crippen LogP contribution in [-0.4, -0.2) is 15.6 Å². The lowest BCUT2D eigenvalue weighted by molar-refractivity contribution is 0.604. The molecule has 15 heavy (non-hydrogen) atoms. The van der Waals surface area contributed by atoms with Crippen LogP contribution in [0.3, 0.4) is 0 Å². The molecule has 1 aliphatic rings. The smallest absolute Gasteiger partial charge is 0.108 e. The zero-order valence-corrected chi connectivity index (χ0v) is 9.32. The monoisotopic (exact) mass is 205 g/mol. The Morgan fingerprint density at radius 3 is 3.07 bits per heavy atom. The van der Waals surface area contributed by atoms with Crippen molar-refractivity contribution in [3.05, 3.63) is 29.9 Å². The van der Waals surface area contributed by atoms with Crippen LogP contribution in [0.4, 0.5) is 0 Å². The summed E-state index contributed by atoms with van der Waals surface area (Å²) in [6, 6.07) is 0.287. The molecule has 82 valence electrons. The summed E-state index contributed by atoms with van der Waals surface area (Å²) in [6.07, 6.45) is 11.8. The number of imidazole rings is 1. The zero-order valence-electron chi connectivity index (χ0n) is 9.32. The number of aryl methyl sites for hydroxylation is 2. The standard InChI is InChI=1S/C12H19N3/c1-15-8-7-14-12(15)6-5-10-3-2-4-11(13)9-10/h7-9,11H,2-6,13H2,1H3. The summed E-state index contributed by atoms with van der Waals surface area (Å²) in [5, 5.41) is 0. The maximum absolute atomic E-state index is 5.91. The summed E-state index contributed by atoms with van der Waals surface area (Å²) in [5.74, 6) is 1.16. The highest BCUT2D eigenvalue weighted by Gasteiger charge is 2.10. The van der Waals surface area contributed by atoms with Crippen LogP contribution in [0.15, 0.2) is 24.0 Å². The fourth-order valence-electron chi connectivity index (χ4n) is 2.15. The molecule has 1 heterocycles. The van der Waals surface area contributed by atoms with Crippen molar-refractivity contribution in [1.82, 2.24) is 9.55 Å².